The third kappa shape index (κ3) is 6.31. The van der Waals surface area contributed by atoms with Gasteiger partial charge in [0.15, 0.2) is 6.61 Å². The molecule has 32 heavy (non-hydrogen) atoms. The normalized spacial score (nSPS) is 13.4. The minimum absolute atomic E-state index is 0.00782. The molecule has 1 heterocycles. The van der Waals surface area contributed by atoms with E-state index in [9.17, 15) is 24.0 Å². The third-order valence-electron chi connectivity index (χ3n) is 4.81. The highest BCUT2D eigenvalue weighted by molar-refractivity contribution is 8.01. The van der Waals surface area contributed by atoms with Crippen molar-refractivity contribution < 1.29 is 23.5 Å². The summed E-state index contributed by atoms with van der Waals surface area (Å²) in [6.45, 7) is 1.11. The maximum atomic E-state index is 12.9. The minimum Gasteiger partial charge on any atom is -0.455 e. The van der Waals surface area contributed by atoms with Gasteiger partial charge in [-0.3, -0.25) is 14.4 Å². The van der Waals surface area contributed by atoms with Crippen molar-refractivity contribution in [3.8, 4) is 6.07 Å². The first-order valence-corrected chi connectivity index (χ1v) is 11.9. The van der Waals surface area contributed by atoms with Gasteiger partial charge in [0.05, 0.1) is 11.3 Å². The van der Waals surface area contributed by atoms with E-state index in [1.165, 1.54) is 35.6 Å². The number of amides is 2. The largest absolute Gasteiger partial charge is 0.455 e. The highest BCUT2D eigenvalue weighted by Gasteiger charge is 2.23. The van der Waals surface area contributed by atoms with Gasteiger partial charge in [-0.15, -0.1) is 23.1 Å². The van der Waals surface area contributed by atoms with Crippen molar-refractivity contribution in [1.29, 1.82) is 5.26 Å². The van der Waals surface area contributed by atoms with Crippen molar-refractivity contribution in [2.75, 3.05) is 23.0 Å². The van der Waals surface area contributed by atoms with Crippen LogP contribution in [0.1, 0.15) is 35.8 Å². The Morgan fingerprint density at radius 1 is 1.19 bits per heavy atom. The molecule has 0 spiro atoms. The van der Waals surface area contributed by atoms with Crippen LogP contribution in [0.15, 0.2) is 24.3 Å². The molecule has 0 radical (unpaired) electrons. The van der Waals surface area contributed by atoms with Crippen molar-refractivity contribution in [1.82, 2.24) is 0 Å². The summed E-state index contributed by atoms with van der Waals surface area (Å²) in [6, 6.07) is 7.52. The van der Waals surface area contributed by atoms with Crippen LogP contribution in [0, 0.1) is 17.1 Å². The number of anilines is 2. The number of aryl methyl sites for hydroxylation is 1. The average molecular weight is 476 g/mol. The van der Waals surface area contributed by atoms with Gasteiger partial charge in [0.2, 0.25) is 5.91 Å². The van der Waals surface area contributed by atoms with Crippen LogP contribution >= 0.6 is 23.1 Å². The molecular formula is C22H22FN3O4S2. The monoisotopic (exact) mass is 475 g/mol. The number of fused-ring (bicyclic) bond motifs is 1. The van der Waals surface area contributed by atoms with Crippen molar-refractivity contribution in [2.24, 2.45) is 0 Å². The van der Waals surface area contributed by atoms with Crippen LogP contribution in [-0.2, 0) is 32.0 Å². The Balaban J connectivity index is 1.42. The fraction of sp³-hybridized carbons (Fsp3) is 0.364. The van der Waals surface area contributed by atoms with E-state index >= 15 is 0 Å². The van der Waals surface area contributed by atoms with Crippen LogP contribution in [0.2, 0.25) is 0 Å². The van der Waals surface area contributed by atoms with Crippen molar-refractivity contribution in [3.05, 3.63) is 46.1 Å². The van der Waals surface area contributed by atoms with E-state index in [2.05, 4.69) is 16.7 Å². The maximum Gasteiger partial charge on any atom is 0.319 e. The second kappa shape index (κ2) is 11.1. The first-order chi connectivity index (χ1) is 15.4. The molecule has 168 valence electrons. The summed E-state index contributed by atoms with van der Waals surface area (Å²) in [5.41, 5.74) is 1.97. The molecule has 0 saturated heterocycles. The molecular weight excluding hydrogens is 453 g/mol. The van der Waals surface area contributed by atoms with Gasteiger partial charge >= 0.3 is 5.97 Å². The molecule has 0 aliphatic heterocycles. The van der Waals surface area contributed by atoms with Gasteiger partial charge in [-0.05, 0) is 62.4 Å². The topological polar surface area (TPSA) is 108 Å². The van der Waals surface area contributed by atoms with Crippen LogP contribution in [0.5, 0.6) is 0 Å². The average Bonchev–Trinajstić information content (AvgIpc) is 3.14. The number of nitrogens with one attached hydrogen (secondary N) is 2. The Morgan fingerprint density at radius 3 is 2.62 bits per heavy atom. The third-order valence-corrected chi connectivity index (χ3v) is 7.13. The van der Waals surface area contributed by atoms with Crippen molar-refractivity contribution in [2.45, 2.75) is 37.9 Å². The Bertz CT molecular complexity index is 1050. The van der Waals surface area contributed by atoms with E-state index in [1.807, 2.05) is 0 Å². The molecule has 1 aromatic heterocycles. The number of rotatable bonds is 8. The summed E-state index contributed by atoms with van der Waals surface area (Å²) in [5, 5.41) is 14.6. The SMILES string of the molecule is CC(SCC(=O)Nc1ccc(F)cc1)C(=O)OCC(=O)Nc1sc2c(c1C#N)CCCC2. The predicted molar refractivity (Wildman–Crippen MR) is 122 cm³/mol. The van der Waals surface area contributed by atoms with Gasteiger partial charge in [-0.2, -0.15) is 5.26 Å². The van der Waals surface area contributed by atoms with Crippen LogP contribution in [0.4, 0.5) is 15.1 Å². The number of esters is 1. The van der Waals surface area contributed by atoms with Crippen molar-refractivity contribution in [3.63, 3.8) is 0 Å². The standard InChI is InChI=1S/C22H22FN3O4S2/c1-13(31-12-20(28)25-15-8-6-14(23)7-9-15)22(29)30-11-19(27)26-21-17(10-24)16-4-2-3-5-18(16)32-21/h6-9,13H,2-5,11-12H2,1H3,(H,25,28)(H,26,27). The summed E-state index contributed by atoms with van der Waals surface area (Å²) in [7, 11) is 0. The van der Waals surface area contributed by atoms with Crippen LogP contribution in [0.25, 0.3) is 0 Å². The van der Waals surface area contributed by atoms with E-state index < -0.39 is 29.6 Å². The van der Waals surface area contributed by atoms with Crippen LogP contribution in [-0.4, -0.2) is 35.4 Å². The molecule has 1 aliphatic carbocycles. The summed E-state index contributed by atoms with van der Waals surface area (Å²) in [5.74, 6) is -1.89. The smallest absolute Gasteiger partial charge is 0.319 e. The Kier molecular flexibility index (Phi) is 8.25. The zero-order valence-corrected chi connectivity index (χ0v) is 19.0. The van der Waals surface area contributed by atoms with Gasteiger partial charge in [0.1, 0.15) is 22.1 Å². The van der Waals surface area contributed by atoms with E-state index in [1.54, 1.807) is 6.92 Å². The molecule has 0 fully saturated rings. The van der Waals surface area contributed by atoms with Gasteiger partial charge in [-0.25, -0.2) is 4.39 Å². The molecule has 0 saturated carbocycles. The summed E-state index contributed by atoms with van der Waals surface area (Å²) in [6.07, 6.45) is 3.84. The highest BCUT2D eigenvalue weighted by Crippen LogP contribution is 2.37. The van der Waals surface area contributed by atoms with E-state index in [0.29, 0.717) is 16.3 Å². The molecule has 1 atom stereocenters. The summed E-state index contributed by atoms with van der Waals surface area (Å²) in [4.78, 5) is 37.5. The van der Waals surface area contributed by atoms with Gasteiger partial charge < -0.3 is 15.4 Å². The fourth-order valence-corrected chi connectivity index (χ4v) is 5.12. The number of carbonyl (C=O) groups is 3. The van der Waals surface area contributed by atoms with Gasteiger partial charge in [0.25, 0.3) is 5.91 Å². The van der Waals surface area contributed by atoms with Crippen molar-refractivity contribution >= 4 is 51.6 Å². The molecule has 1 unspecified atom stereocenters. The summed E-state index contributed by atoms with van der Waals surface area (Å²) >= 11 is 2.47. The minimum atomic E-state index is -0.662. The molecule has 0 bridgehead atoms. The lowest BCUT2D eigenvalue weighted by Crippen LogP contribution is -2.26. The number of hydrogen-bond donors (Lipinski definition) is 2. The molecule has 7 nitrogen and oxygen atoms in total. The zero-order chi connectivity index (χ0) is 23.1. The number of hydrogen-bond acceptors (Lipinski definition) is 7. The predicted octanol–water partition coefficient (Wildman–Crippen LogP) is 3.88. The summed E-state index contributed by atoms with van der Waals surface area (Å²) < 4.78 is 18.0. The number of thioether (sulfide) groups is 1. The number of carbonyl (C=O) groups excluding carboxylic acids is 3. The Labute approximate surface area is 193 Å². The molecule has 2 aromatic rings. The number of benzene rings is 1. The number of thiophene rings is 1. The lowest BCUT2D eigenvalue weighted by Gasteiger charge is -2.11. The van der Waals surface area contributed by atoms with E-state index in [4.69, 9.17) is 4.74 Å². The molecule has 1 aromatic carbocycles. The molecule has 2 amide bonds. The molecule has 3 rings (SSSR count). The van der Waals surface area contributed by atoms with Gasteiger partial charge in [0, 0.05) is 10.6 Å². The molecule has 2 N–H and O–H groups in total. The Morgan fingerprint density at radius 2 is 1.91 bits per heavy atom. The lowest BCUT2D eigenvalue weighted by atomic mass is 9.96. The first-order valence-electron chi connectivity index (χ1n) is 10.1. The molecule has 10 heteroatoms. The number of halogens is 1. The number of ether oxygens (including phenoxy) is 1. The quantitative estimate of drug-likeness (QED) is 0.561. The highest BCUT2D eigenvalue weighted by atomic mass is 32.2. The lowest BCUT2D eigenvalue weighted by molar-refractivity contribution is -0.146. The van der Waals surface area contributed by atoms with E-state index in [0.717, 1.165) is 47.9 Å². The first kappa shape index (κ1) is 23.8. The van der Waals surface area contributed by atoms with Gasteiger partial charge in [-0.1, -0.05) is 0 Å². The number of nitrogens with zero attached hydrogens (tertiary/aromatic N) is 1. The van der Waals surface area contributed by atoms with E-state index in [-0.39, 0.29) is 11.7 Å². The second-order valence-electron chi connectivity index (χ2n) is 7.19. The Hall–Kier alpha value is -2.90. The van der Waals surface area contributed by atoms with Crippen LogP contribution in [0.3, 0.4) is 0 Å². The molecule has 1 aliphatic rings. The second-order valence-corrected chi connectivity index (χ2v) is 9.63. The number of nitriles is 1. The zero-order valence-electron chi connectivity index (χ0n) is 17.4. The fourth-order valence-electron chi connectivity index (χ4n) is 3.19. The maximum absolute atomic E-state index is 12.9. The van der Waals surface area contributed by atoms with Crippen LogP contribution < -0.4 is 10.6 Å².